The zero-order valence-corrected chi connectivity index (χ0v) is 16.5. The molecule has 0 fully saturated rings. The minimum Gasteiger partial charge on any atom is -0.455 e. The summed E-state index contributed by atoms with van der Waals surface area (Å²) in [7, 11) is -0.825. The number of anilines is 1. The van der Waals surface area contributed by atoms with E-state index in [0.29, 0.717) is 11.1 Å². The van der Waals surface area contributed by atoms with Crippen molar-refractivity contribution in [3.63, 3.8) is 0 Å². The molecule has 0 saturated heterocycles. The van der Waals surface area contributed by atoms with Crippen LogP contribution in [0.2, 0.25) is 0 Å². The molecule has 2 aromatic rings. The van der Waals surface area contributed by atoms with Crippen molar-refractivity contribution in [1.29, 1.82) is 0 Å². The number of ether oxygens (including phenoxy) is 1. The van der Waals surface area contributed by atoms with Crippen molar-refractivity contribution in [3.8, 4) is 0 Å². The van der Waals surface area contributed by atoms with E-state index in [-0.39, 0.29) is 17.0 Å². The van der Waals surface area contributed by atoms with E-state index >= 15 is 0 Å². The van der Waals surface area contributed by atoms with E-state index in [0.717, 1.165) is 4.31 Å². The molecule has 1 amide bonds. The summed E-state index contributed by atoms with van der Waals surface area (Å²) < 4.78 is 43.5. The number of hydrogen-bond donors (Lipinski definition) is 1. The van der Waals surface area contributed by atoms with Crippen LogP contribution < -0.4 is 5.32 Å². The molecule has 0 bridgehead atoms. The van der Waals surface area contributed by atoms with Gasteiger partial charge in [-0.25, -0.2) is 17.1 Å². The van der Waals surface area contributed by atoms with E-state index in [1.54, 1.807) is 19.1 Å². The van der Waals surface area contributed by atoms with Gasteiger partial charge in [0.25, 0.3) is 5.91 Å². The van der Waals surface area contributed by atoms with Crippen LogP contribution in [0.25, 0.3) is 0 Å². The van der Waals surface area contributed by atoms with Crippen molar-refractivity contribution in [1.82, 2.24) is 4.31 Å². The Kier molecular flexibility index (Phi) is 6.87. The Hall–Kier alpha value is -2.78. The van der Waals surface area contributed by atoms with Gasteiger partial charge < -0.3 is 10.1 Å². The Morgan fingerprint density at radius 2 is 1.75 bits per heavy atom. The molecule has 0 radical (unpaired) electrons. The van der Waals surface area contributed by atoms with Crippen LogP contribution in [0.5, 0.6) is 0 Å². The van der Waals surface area contributed by atoms with E-state index in [2.05, 4.69) is 5.32 Å². The van der Waals surface area contributed by atoms with Gasteiger partial charge in [0.1, 0.15) is 5.82 Å². The van der Waals surface area contributed by atoms with E-state index in [1.807, 2.05) is 0 Å². The summed E-state index contributed by atoms with van der Waals surface area (Å²) in [6, 6.07) is 9.85. The van der Waals surface area contributed by atoms with Crippen molar-refractivity contribution < 1.29 is 27.1 Å². The molecule has 9 heteroatoms. The maximum Gasteiger partial charge on any atom is 0.310 e. The molecule has 0 atom stereocenters. The van der Waals surface area contributed by atoms with E-state index < -0.39 is 34.3 Å². The predicted octanol–water partition coefficient (Wildman–Crippen LogP) is 2.11. The zero-order valence-electron chi connectivity index (χ0n) is 15.7. The Balaban J connectivity index is 1.96. The zero-order chi connectivity index (χ0) is 20.9. The quantitative estimate of drug-likeness (QED) is 0.709. The Labute approximate surface area is 163 Å². The van der Waals surface area contributed by atoms with Crippen molar-refractivity contribution in [2.24, 2.45) is 0 Å². The highest BCUT2D eigenvalue weighted by Gasteiger charge is 2.20. The number of nitrogens with one attached hydrogen (secondary N) is 1. The minimum absolute atomic E-state index is 0.0728. The van der Waals surface area contributed by atoms with Crippen LogP contribution in [0, 0.1) is 12.7 Å². The average molecular weight is 408 g/mol. The number of esters is 1. The van der Waals surface area contributed by atoms with E-state index in [1.165, 1.54) is 44.4 Å². The molecule has 0 unspecified atom stereocenters. The Bertz CT molecular complexity index is 972. The number of amides is 1. The number of aryl methyl sites for hydroxylation is 1. The highest BCUT2D eigenvalue weighted by Crippen LogP contribution is 2.22. The maximum absolute atomic E-state index is 12.8. The molecule has 0 aliphatic rings. The van der Waals surface area contributed by atoms with Crippen LogP contribution in [0.1, 0.15) is 11.1 Å². The molecule has 2 rings (SSSR count). The first kappa shape index (κ1) is 21.5. The van der Waals surface area contributed by atoms with Crippen LogP contribution in [0.4, 0.5) is 10.1 Å². The Morgan fingerprint density at radius 1 is 1.11 bits per heavy atom. The van der Waals surface area contributed by atoms with E-state index in [9.17, 15) is 22.4 Å². The molecule has 150 valence electrons. The molecule has 0 heterocycles. The number of carbonyl (C=O) groups is 2. The number of nitrogens with zero attached hydrogens (tertiary/aromatic N) is 1. The van der Waals surface area contributed by atoms with Gasteiger partial charge in [0.15, 0.2) is 6.61 Å². The summed E-state index contributed by atoms with van der Waals surface area (Å²) in [5.74, 6) is -1.66. The van der Waals surface area contributed by atoms with E-state index in [4.69, 9.17) is 4.74 Å². The van der Waals surface area contributed by atoms with Crippen molar-refractivity contribution in [3.05, 3.63) is 59.4 Å². The lowest BCUT2D eigenvalue weighted by Gasteiger charge is -2.15. The topological polar surface area (TPSA) is 92.8 Å². The monoisotopic (exact) mass is 408 g/mol. The van der Waals surface area contributed by atoms with Gasteiger partial charge in [-0.1, -0.05) is 18.2 Å². The number of carbonyl (C=O) groups excluding carboxylic acids is 2. The van der Waals surface area contributed by atoms with Crippen LogP contribution in [0.3, 0.4) is 0 Å². The number of rotatable bonds is 7. The molecule has 0 aliphatic heterocycles. The summed E-state index contributed by atoms with van der Waals surface area (Å²) >= 11 is 0. The molecule has 1 N–H and O–H groups in total. The molecule has 0 saturated carbocycles. The van der Waals surface area contributed by atoms with Crippen molar-refractivity contribution in [2.45, 2.75) is 18.2 Å². The summed E-state index contributed by atoms with van der Waals surface area (Å²) in [6.07, 6.45) is -0.0939. The van der Waals surface area contributed by atoms with Crippen molar-refractivity contribution >= 4 is 27.6 Å². The fourth-order valence-electron chi connectivity index (χ4n) is 2.32. The largest absolute Gasteiger partial charge is 0.455 e. The summed E-state index contributed by atoms with van der Waals surface area (Å²) in [4.78, 5) is 23.8. The van der Waals surface area contributed by atoms with Crippen LogP contribution in [-0.4, -0.2) is 45.3 Å². The third-order valence-corrected chi connectivity index (χ3v) is 5.81. The van der Waals surface area contributed by atoms with Gasteiger partial charge >= 0.3 is 5.97 Å². The third-order valence-electron chi connectivity index (χ3n) is 3.86. The predicted molar refractivity (Wildman–Crippen MR) is 102 cm³/mol. The number of hydrogen-bond acceptors (Lipinski definition) is 5. The molecule has 0 spiro atoms. The third kappa shape index (κ3) is 5.61. The Morgan fingerprint density at radius 3 is 2.36 bits per heavy atom. The molecular weight excluding hydrogens is 387 g/mol. The van der Waals surface area contributed by atoms with Gasteiger partial charge in [-0.2, -0.15) is 0 Å². The van der Waals surface area contributed by atoms with Gasteiger partial charge in [0, 0.05) is 19.8 Å². The lowest BCUT2D eigenvalue weighted by Crippen LogP contribution is -2.24. The van der Waals surface area contributed by atoms with Gasteiger partial charge in [-0.15, -0.1) is 0 Å². The second kappa shape index (κ2) is 8.94. The highest BCUT2D eigenvalue weighted by atomic mass is 32.2. The van der Waals surface area contributed by atoms with Crippen LogP contribution in [0.15, 0.2) is 47.4 Å². The lowest BCUT2D eigenvalue weighted by atomic mass is 10.1. The van der Waals surface area contributed by atoms with Crippen molar-refractivity contribution in [2.75, 3.05) is 26.0 Å². The van der Waals surface area contributed by atoms with Crippen LogP contribution in [-0.2, 0) is 30.8 Å². The fourth-order valence-corrected chi connectivity index (χ4v) is 3.46. The first-order chi connectivity index (χ1) is 13.1. The first-order valence-corrected chi connectivity index (χ1v) is 9.76. The van der Waals surface area contributed by atoms with Gasteiger partial charge in [-0.05, 0) is 42.3 Å². The molecule has 7 nitrogen and oxygen atoms in total. The second-order valence-corrected chi connectivity index (χ2v) is 8.40. The average Bonchev–Trinajstić information content (AvgIpc) is 2.63. The lowest BCUT2D eigenvalue weighted by molar-refractivity contribution is -0.146. The van der Waals surface area contributed by atoms with Gasteiger partial charge in [-0.3, -0.25) is 9.59 Å². The summed E-state index contributed by atoms with van der Waals surface area (Å²) in [5.41, 5.74) is 1.37. The summed E-state index contributed by atoms with van der Waals surface area (Å²) in [6.45, 7) is 1.13. The highest BCUT2D eigenvalue weighted by molar-refractivity contribution is 7.89. The van der Waals surface area contributed by atoms with Gasteiger partial charge in [0.05, 0.1) is 11.3 Å². The SMILES string of the molecule is Cc1ccc(NC(=O)COC(=O)Cc2ccc(F)cc2)cc1S(=O)(=O)N(C)C. The van der Waals surface area contributed by atoms with Gasteiger partial charge in [0.2, 0.25) is 10.0 Å². The maximum atomic E-state index is 12.8. The smallest absolute Gasteiger partial charge is 0.310 e. The standard InChI is InChI=1S/C19H21FN2O5S/c1-13-4-9-16(11-17(13)28(25,26)22(2)3)21-18(23)12-27-19(24)10-14-5-7-15(20)8-6-14/h4-9,11H,10,12H2,1-3H3,(H,21,23). The second-order valence-electron chi connectivity index (χ2n) is 6.28. The number of halogens is 1. The normalized spacial score (nSPS) is 11.3. The van der Waals surface area contributed by atoms with Crippen LogP contribution >= 0.6 is 0 Å². The number of sulfonamides is 1. The molecule has 0 aliphatic carbocycles. The number of benzene rings is 2. The first-order valence-electron chi connectivity index (χ1n) is 8.32. The molecule has 0 aromatic heterocycles. The molecule has 28 heavy (non-hydrogen) atoms. The summed E-state index contributed by atoms with van der Waals surface area (Å²) in [5, 5.41) is 2.50. The fraction of sp³-hybridized carbons (Fsp3) is 0.263. The minimum atomic E-state index is -3.66. The molecular formula is C19H21FN2O5S. The molecule has 2 aromatic carbocycles.